The number of carbonyl (C=O) groups excluding carboxylic acids is 1. The second kappa shape index (κ2) is 9.15. The van der Waals surface area contributed by atoms with Gasteiger partial charge in [-0.1, -0.05) is 18.2 Å². The van der Waals surface area contributed by atoms with Gasteiger partial charge in [0.25, 0.3) is 0 Å². The SMILES string of the molecule is Cc1ccccc1NC(=O)/C=C\C(=N)c1c(-c2ccc(F)cc2)nn2c1NC[C@@H](CO)C2. The lowest BCUT2D eigenvalue weighted by Gasteiger charge is -2.23. The highest BCUT2D eigenvalue weighted by molar-refractivity contribution is 6.16. The topological polar surface area (TPSA) is 103 Å². The van der Waals surface area contributed by atoms with Gasteiger partial charge in [-0.3, -0.25) is 4.79 Å². The molecule has 1 atom stereocenters. The number of para-hydroxylation sites is 1. The minimum atomic E-state index is -0.361. The smallest absolute Gasteiger partial charge is 0.248 e. The Hall–Kier alpha value is -3.78. The van der Waals surface area contributed by atoms with Gasteiger partial charge in [-0.15, -0.1) is 0 Å². The Labute approximate surface area is 185 Å². The van der Waals surface area contributed by atoms with Gasteiger partial charge in [-0.05, 0) is 48.9 Å². The molecular weight excluding hydrogens is 409 g/mol. The van der Waals surface area contributed by atoms with Gasteiger partial charge in [0.1, 0.15) is 17.3 Å². The second-order valence-electron chi connectivity index (χ2n) is 7.74. The molecule has 1 aromatic heterocycles. The van der Waals surface area contributed by atoms with E-state index in [9.17, 15) is 14.3 Å². The van der Waals surface area contributed by atoms with E-state index in [1.165, 1.54) is 24.3 Å². The molecule has 3 aromatic rings. The van der Waals surface area contributed by atoms with Crippen molar-refractivity contribution in [2.75, 3.05) is 23.8 Å². The molecule has 1 aliphatic rings. The number of aryl methyl sites for hydroxylation is 1. The molecule has 4 rings (SSSR count). The van der Waals surface area contributed by atoms with Crippen molar-refractivity contribution in [1.29, 1.82) is 5.41 Å². The standard InChI is InChI=1S/C24H24FN5O2/c1-15-4-2-3-5-20(15)28-21(32)11-10-19(26)22-23(17-6-8-18(25)9-7-17)29-30-13-16(14-31)12-27-24(22)30/h2-11,16,26-27,31H,12-14H2,1H3,(H,28,32)/b11-10-,26-19?/t16-/m1/s1. The highest BCUT2D eigenvalue weighted by Gasteiger charge is 2.27. The lowest BCUT2D eigenvalue weighted by atomic mass is 10.0. The molecule has 0 spiro atoms. The van der Waals surface area contributed by atoms with E-state index in [-0.39, 0.29) is 30.0 Å². The highest BCUT2D eigenvalue weighted by atomic mass is 19.1. The normalized spacial score (nSPS) is 15.3. The number of hydrogen-bond donors (Lipinski definition) is 4. The monoisotopic (exact) mass is 433 g/mol. The Bertz CT molecular complexity index is 1180. The van der Waals surface area contributed by atoms with Crippen LogP contribution < -0.4 is 10.6 Å². The van der Waals surface area contributed by atoms with E-state index in [1.807, 2.05) is 31.2 Å². The molecule has 0 fully saturated rings. The van der Waals surface area contributed by atoms with Crippen LogP contribution in [0.1, 0.15) is 11.1 Å². The van der Waals surface area contributed by atoms with Crippen LogP contribution in [0, 0.1) is 24.1 Å². The molecule has 7 nitrogen and oxygen atoms in total. The first kappa shape index (κ1) is 21.5. The first-order chi connectivity index (χ1) is 15.5. The number of halogens is 1. The summed E-state index contributed by atoms with van der Waals surface area (Å²) in [6.07, 6.45) is 2.74. The zero-order chi connectivity index (χ0) is 22.7. The first-order valence-corrected chi connectivity index (χ1v) is 10.3. The van der Waals surface area contributed by atoms with Crippen molar-refractivity contribution in [3.63, 3.8) is 0 Å². The molecule has 0 saturated carbocycles. The molecule has 164 valence electrons. The molecule has 32 heavy (non-hydrogen) atoms. The number of aromatic nitrogens is 2. The van der Waals surface area contributed by atoms with Gasteiger partial charge in [0.15, 0.2) is 0 Å². The summed E-state index contributed by atoms with van der Waals surface area (Å²) in [5.74, 6) is -0.0637. The van der Waals surface area contributed by atoms with Gasteiger partial charge in [0.05, 0.1) is 11.3 Å². The Morgan fingerprint density at radius 1 is 1.28 bits per heavy atom. The molecule has 0 radical (unpaired) electrons. The van der Waals surface area contributed by atoms with Gasteiger partial charge in [0.2, 0.25) is 5.91 Å². The van der Waals surface area contributed by atoms with E-state index in [4.69, 9.17) is 5.41 Å². The number of nitrogens with zero attached hydrogens (tertiary/aromatic N) is 2. The van der Waals surface area contributed by atoms with Gasteiger partial charge < -0.3 is 21.1 Å². The van der Waals surface area contributed by atoms with Crippen molar-refractivity contribution < 1.29 is 14.3 Å². The Morgan fingerprint density at radius 2 is 2.03 bits per heavy atom. The van der Waals surface area contributed by atoms with Crippen LogP contribution in [-0.4, -0.2) is 39.7 Å². The zero-order valence-electron chi connectivity index (χ0n) is 17.6. The number of aliphatic hydroxyl groups excluding tert-OH is 1. The summed E-state index contributed by atoms with van der Waals surface area (Å²) in [4.78, 5) is 12.4. The van der Waals surface area contributed by atoms with Crippen LogP contribution in [0.25, 0.3) is 11.3 Å². The van der Waals surface area contributed by atoms with Crippen molar-refractivity contribution in [2.24, 2.45) is 5.92 Å². The lowest BCUT2D eigenvalue weighted by molar-refractivity contribution is -0.111. The van der Waals surface area contributed by atoms with Crippen LogP contribution in [0.5, 0.6) is 0 Å². The maximum atomic E-state index is 13.4. The fourth-order valence-electron chi connectivity index (χ4n) is 3.64. The predicted molar refractivity (Wildman–Crippen MR) is 122 cm³/mol. The lowest BCUT2D eigenvalue weighted by Crippen LogP contribution is -2.30. The number of benzene rings is 2. The summed E-state index contributed by atoms with van der Waals surface area (Å²) in [5, 5.41) is 28.8. The fourth-order valence-corrected chi connectivity index (χ4v) is 3.64. The van der Waals surface area contributed by atoms with Crippen LogP contribution in [0.15, 0.2) is 60.7 Å². The van der Waals surface area contributed by atoms with E-state index in [0.29, 0.717) is 41.4 Å². The van der Waals surface area contributed by atoms with Crippen molar-refractivity contribution in [3.8, 4) is 11.3 Å². The molecule has 0 bridgehead atoms. The summed E-state index contributed by atoms with van der Waals surface area (Å²) in [5.41, 5.74) is 3.44. The van der Waals surface area contributed by atoms with Crippen LogP contribution in [-0.2, 0) is 11.3 Å². The van der Waals surface area contributed by atoms with E-state index in [2.05, 4.69) is 15.7 Å². The zero-order valence-corrected chi connectivity index (χ0v) is 17.6. The second-order valence-corrected chi connectivity index (χ2v) is 7.74. The third-order valence-corrected chi connectivity index (χ3v) is 5.39. The largest absolute Gasteiger partial charge is 0.396 e. The van der Waals surface area contributed by atoms with E-state index < -0.39 is 0 Å². The van der Waals surface area contributed by atoms with Crippen molar-refractivity contribution in [1.82, 2.24) is 9.78 Å². The average Bonchev–Trinajstić information content (AvgIpc) is 3.18. The number of fused-ring (bicyclic) bond motifs is 1. The number of amides is 1. The number of nitrogens with one attached hydrogen (secondary N) is 3. The quantitative estimate of drug-likeness (QED) is 0.352. The predicted octanol–water partition coefficient (Wildman–Crippen LogP) is 3.59. The molecular formula is C24H24FN5O2. The third-order valence-electron chi connectivity index (χ3n) is 5.39. The Kier molecular flexibility index (Phi) is 6.13. The molecule has 2 heterocycles. The summed E-state index contributed by atoms with van der Waals surface area (Å²) in [7, 11) is 0. The van der Waals surface area contributed by atoms with Crippen LogP contribution >= 0.6 is 0 Å². The van der Waals surface area contributed by atoms with Crippen LogP contribution in [0.2, 0.25) is 0 Å². The van der Waals surface area contributed by atoms with E-state index in [0.717, 1.165) is 5.56 Å². The molecule has 0 unspecified atom stereocenters. The summed E-state index contributed by atoms with van der Waals surface area (Å²) < 4.78 is 15.2. The molecule has 8 heteroatoms. The van der Waals surface area contributed by atoms with Crippen molar-refractivity contribution in [2.45, 2.75) is 13.5 Å². The number of allylic oxidation sites excluding steroid dienone is 1. The number of rotatable bonds is 6. The molecule has 1 amide bonds. The summed E-state index contributed by atoms with van der Waals surface area (Å²) in [6.45, 7) is 2.96. The number of anilines is 2. The molecule has 0 saturated heterocycles. The van der Waals surface area contributed by atoms with Crippen molar-refractivity contribution in [3.05, 3.63) is 77.6 Å². The first-order valence-electron chi connectivity index (χ1n) is 10.3. The van der Waals surface area contributed by atoms with E-state index >= 15 is 0 Å². The molecule has 0 aliphatic carbocycles. The minimum absolute atomic E-state index is 0.000864. The third kappa shape index (κ3) is 4.45. The van der Waals surface area contributed by atoms with Gasteiger partial charge in [0, 0.05) is 42.9 Å². The number of aliphatic hydroxyl groups is 1. The maximum absolute atomic E-state index is 13.4. The Balaban J connectivity index is 1.64. The Morgan fingerprint density at radius 3 is 2.75 bits per heavy atom. The molecule has 4 N–H and O–H groups in total. The van der Waals surface area contributed by atoms with Gasteiger partial charge in [-0.2, -0.15) is 5.10 Å². The van der Waals surface area contributed by atoms with Gasteiger partial charge in [-0.25, -0.2) is 9.07 Å². The van der Waals surface area contributed by atoms with E-state index in [1.54, 1.807) is 16.8 Å². The average molecular weight is 433 g/mol. The van der Waals surface area contributed by atoms with Gasteiger partial charge >= 0.3 is 0 Å². The van der Waals surface area contributed by atoms with Crippen LogP contribution in [0.3, 0.4) is 0 Å². The number of carbonyl (C=O) groups is 1. The summed E-state index contributed by atoms with van der Waals surface area (Å²) in [6, 6.07) is 13.4. The fraction of sp³-hybridized carbons (Fsp3) is 0.208. The summed E-state index contributed by atoms with van der Waals surface area (Å²) >= 11 is 0. The highest BCUT2D eigenvalue weighted by Crippen LogP contribution is 2.32. The van der Waals surface area contributed by atoms with Crippen LogP contribution in [0.4, 0.5) is 15.9 Å². The number of hydrogen-bond acceptors (Lipinski definition) is 5. The minimum Gasteiger partial charge on any atom is -0.396 e. The molecule has 1 aliphatic heterocycles. The maximum Gasteiger partial charge on any atom is 0.248 e. The molecule has 2 aromatic carbocycles. The van der Waals surface area contributed by atoms with Crippen molar-refractivity contribution >= 4 is 23.1 Å².